The van der Waals surface area contributed by atoms with Crippen molar-refractivity contribution in [2.45, 2.75) is 19.4 Å². The van der Waals surface area contributed by atoms with Crippen LogP contribution >= 0.6 is 0 Å². The molecular weight excluding hydrogens is 241 g/mol. The molecule has 0 aliphatic heterocycles. The van der Waals surface area contributed by atoms with Crippen LogP contribution in [0.1, 0.15) is 23.7 Å². The number of nitrogens with one attached hydrogen (secondary N) is 1. The van der Waals surface area contributed by atoms with Gasteiger partial charge in [0.1, 0.15) is 5.82 Å². The quantitative estimate of drug-likeness (QED) is 0.610. The molecule has 0 radical (unpaired) electrons. The molecule has 1 aromatic rings. The van der Waals surface area contributed by atoms with E-state index in [0.717, 1.165) is 18.2 Å². The summed E-state index contributed by atoms with van der Waals surface area (Å²) < 4.78 is 13.1. The molecule has 0 fully saturated rings. The maximum absolute atomic E-state index is 13.1. The number of carbonyl (C=O) groups is 1. The normalized spacial score (nSPS) is 11.9. The highest BCUT2D eigenvalue weighted by Crippen LogP contribution is 2.16. The summed E-state index contributed by atoms with van der Waals surface area (Å²) in [6.07, 6.45) is 0.625. The first-order valence-electron chi connectivity index (χ1n) is 5.43. The maximum atomic E-state index is 13.1. The molecule has 1 unspecified atom stereocenters. The van der Waals surface area contributed by atoms with Crippen molar-refractivity contribution in [3.8, 4) is 0 Å². The summed E-state index contributed by atoms with van der Waals surface area (Å²) in [5.74, 6) is -1.40. The third-order valence-electron chi connectivity index (χ3n) is 2.47. The summed E-state index contributed by atoms with van der Waals surface area (Å²) in [4.78, 5) is 21.5. The number of nitrogens with zero attached hydrogens (tertiary/aromatic N) is 1. The van der Waals surface area contributed by atoms with Crippen molar-refractivity contribution in [1.82, 2.24) is 5.32 Å². The first-order chi connectivity index (χ1) is 8.47. The molecule has 1 aromatic carbocycles. The predicted molar refractivity (Wildman–Crippen MR) is 63.7 cm³/mol. The van der Waals surface area contributed by atoms with Crippen molar-refractivity contribution in [2.75, 3.05) is 6.54 Å². The minimum Gasteiger partial charge on any atom is -0.348 e. The van der Waals surface area contributed by atoms with Crippen molar-refractivity contribution in [3.05, 3.63) is 39.7 Å². The molecule has 7 heteroatoms. The van der Waals surface area contributed by atoms with Gasteiger partial charge in [-0.05, 0) is 12.5 Å². The van der Waals surface area contributed by atoms with E-state index in [0.29, 0.717) is 6.42 Å². The molecule has 0 heterocycles. The number of rotatable bonds is 5. The number of nitrogens with two attached hydrogens (primary N) is 1. The molecule has 0 aromatic heterocycles. The molecule has 1 rings (SSSR count). The highest BCUT2D eigenvalue weighted by Gasteiger charge is 2.16. The molecule has 6 nitrogen and oxygen atoms in total. The van der Waals surface area contributed by atoms with E-state index in [1.54, 1.807) is 0 Å². The van der Waals surface area contributed by atoms with E-state index in [4.69, 9.17) is 5.73 Å². The van der Waals surface area contributed by atoms with E-state index < -0.39 is 22.3 Å². The van der Waals surface area contributed by atoms with Crippen LogP contribution in [0.25, 0.3) is 0 Å². The van der Waals surface area contributed by atoms with Gasteiger partial charge in [-0.15, -0.1) is 0 Å². The lowest BCUT2D eigenvalue weighted by Crippen LogP contribution is -2.39. The van der Waals surface area contributed by atoms with Gasteiger partial charge in [0.2, 0.25) is 0 Å². The lowest BCUT2D eigenvalue weighted by atomic mass is 10.1. The molecule has 18 heavy (non-hydrogen) atoms. The molecule has 0 saturated carbocycles. The molecule has 0 spiro atoms. The lowest BCUT2D eigenvalue weighted by Gasteiger charge is -2.14. The topological polar surface area (TPSA) is 98.3 Å². The second-order valence-electron chi connectivity index (χ2n) is 3.77. The maximum Gasteiger partial charge on any atom is 0.273 e. The van der Waals surface area contributed by atoms with E-state index in [2.05, 4.69) is 5.32 Å². The summed E-state index contributed by atoms with van der Waals surface area (Å²) in [5, 5.41) is 13.1. The molecule has 98 valence electrons. The average molecular weight is 255 g/mol. The SMILES string of the molecule is CCC(CN)NC(=O)c1cc(F)cc([N+](=O)[O-])c1. The third kappa shape index (κ3) is 3.49. The summed E-state index contributed by atoms with van der Waals surface area (Å²) in [5.41, 5.74) is 4.87. The van der Waals surface area contributed by atoms with Crippen LogP contribution in [0, 0.1) is 15.9 Å². The van der Waals surface area contributed by atoms with Gasteiger partial charge in [-0.25, -0.2) is 4.39 Å². The van der Waals surface area contributed by atoms with Gasteiger partial charge in [0.05, 0.1) is 11.0 Å². The van der Waals surface area contributed by atoms with Crippen molar-refractivity contribution >= 4 is 11.6 Å². The van der Waals surface area contributed by atoms with E-state index in [1.807, 2.05) is 6.92 Å². The Labute approximate surface area is 103 Å². The smallest absolute Gasteiger partial charge is 0.273 e. The number of halogens is 1. The highest BCUT2D eigenvalue weighted by atomic mass is 19.1. The van der Waals surface area contributed by atoms with Crippen LogP contribution in [-0.2, 0) is 0 Å². The Balaban J connectivity index is 2.95. The Bertz CT molecular complexity index is 461. The van der Waals surface area contributed by atoms with Gasteiger partial charge in [0.15, 0.2) is 0 Å². The molecule has 3 N–H and O–H groups in total. The number of nitro groups is 1. The molecule has 0 saturated heterocycles. The minimum atomic E-state index is -0.824. The van der Waals surface area contributed by atoms with E-state index in [9.17, 15) is 19.3 Å². The Hall–Kier alpha value is -2.02. The highest BCUT2D eigenvalue weighted by molar-refractivity contribution is 5.95. The Morgan fingerprint density at radius 2 is 2.22 bits per heavy atom. The zero-order valence-corrected chi connectivity index (χ0v) is 9.85. The lowest BCUT2D eigenvalue weighted by molar-refractivity contribution is -0.385. The summed E-state index contributed by atoms with van der Waals surface area (Å²) in [6.45, 7) is 2.09. The number of hydrogen-bond acceptors (Lipinski definition) is 4. The van der Waals surface area contributed by atoms with E-state index in [-0.39, 0.29) is 18.2 Å². The first-order valence-corrected chi connectivity index (χ1v) is 5.43. The van der Waals surface area contributed by atoms with Gasteiger partial charge in [-0.1, -0.05) is 6.92 Å². The number of hydrogen-bond donors (Lipinski definition) is 2. The molecule has 0 aliphatic carbocycles. The van der Waals surface area contributed by atoms with Crippen molar-refractivity contribution in [1.29, 1.82) is 0 Å². The zero-order valence-electron chi connectivity index (χ0n) is 9.85. The van der Waals surface area contributed by atoms with Crippen LogP contribution in [0.2, 0.25) is 0 Å². The summed E-state index contributed by atoms with van der Waals surface area (Å²) >= 11 is 0. The fourth-order valence-electron chi connectivity index (χ4n) is 1.41. The first kappa shape index (κ1) is 14.0. The second-order valence-corrected chi connectivity index (χ2v) is 3.77. The van der Waals surface area contributed by atoms with Crippen LogP contribution in [0.15, 0.2) is 18.2 Å². The fourth-order valence-corrected chi connectivity index (χ4v) is 1.41. The Kier molecular flexibility index (Phi) is 4.73. The average Bonchev–Trinajstić information content (AvgIpc) is 2.34. The van der Waals surface area contributed by atoms with Crippen molar-refractivity contribution in [3.63, 3.8) is 0 Å². The fraction of sp³-hybridized carbons (Fsp3) is 0.364. The van der Waals surface area contributed by atoms with Gasteiger partial charge >= 0.3 is 0 Å². The standard InChI is InChI=1S/C11H14FN3O3/c1-2-9(6-13)14-11(16)7-3-8(12)5-10(4-7)15(17)18/h3-5,9H,2,6,13H2,1H3,(H,14,16). The number of nitro benzene ring substituents is 1. The predicted octanol–water partition coefficient (Wildman–Crippen LogP) is 1.20. The van der Waals surface area contributed by atoms with Crippen molar-refractivity contribution < 1.29 is 14.1 Å². The molecule has 0 aliphatic rings. The van der Waals surface area contributed by atoms with E-state index >= 15 is 0 Å². The van der Waals surface area contributed by atoms with Crippen molar-refractivity contribution in [2.24, 2.45) is 5.73 Å². The van der Waals surface area contributed by atoms with Gasteiger partial charge in [0, 0.05) is 24.2 Å². The number of amides is 1. The van der Waals surface area contributed by atoms with E-state index in [1.165, 1.54) is 0 Å². The largest absolute Gasteiger partial charge is 0.348 e. The van der Waals surface area contributed by atoms with Crippen LogP contribution < -0.4 is 11.1 Å². The third-order valence-corrected chi connectivity index (χ3v) is 2.47. The Morgan fingerprint density at radius 3 is 2.72 bits per heavy atom. The van der Waals surface area contributed by atoms with Crippen LogP contribution in [0.5, 0.6) is 0 Å². The monoisotopic (exact) mass is 255 g/mol. The Morgan fingerprint density at radius 1 is 1.56 bits per heavy atom. The second kappa shape index (κ2) is 6.06. The molecule has 1 atom stereocenters. The van der Waals surface area contributed by atoms with Gasteiger partial charge in [0.25, 0.3) is 11.6 Å². The number of benzene rings is 1. The zero-order chi connectivity index (χ0) is 13.7. The summed E-state index contributed by atoms with van der Waals surface area (Å²) in [6, 6.07) is 2.50. The van der Waals surface area contributed by atoms with Crippen LogP contribution in [0.3, 0.4) is 0 Å². The molecule has 0 bridgehead atoms. The van der Waals surface area contributed by atoms with Crippen LogP contribution in [-0.4, -0.2) is 23.4 Å². The van der Waals surface area contributed by atoms with Gasteiger partial charge in [-0.3, -0.25) is 14.9 Å². The number of non-ortho nitro benzene ring substituents is 1. The molecule has 1 amide bonds. The number of carbonyl (C=O) groups excluding carboxylic acids is 1. The summed E-state index contributed by atoms with van der Waals surface area (Å²) in [7, 11) is 0. The van der Waals surface area contributed by atoms with Gasteiger partial charge in [-0.2, -0.15) is 0 Å². The van der Waals surface area contributed by atoms with Crippen LogP contribution in [0.4, 0.5) is 10.1 Å². The van der Waals surface area contributed by atoms with Gasteiger partial charge < -0.3 is 11.1 Å². The molecular formula is C11H14FN3O3. The minimum absolute atomic E-state index is 0.0893.